The molecule has 1 aromatic heterocycles. The molecule has 0 amide bonds. The monoisotopic (exact) mass is 287 g/mol. The lowest BCUT2D eigenvalue weighted by atomic mass is 10.1. The third kappa shape index (κ3) is 4.60. The predicted molar refractivity (Wildman–Crippen MR) is 85.6 cm³/mol. The normalized spacial score (nSPS) is 11.6. The standard InChI is InChI=1S/C17H25N3O/c1-17(2,3)20-13-15(12-19-20)11-18-10-9-14-5-7-16(21-4)8-6-14/h5-8,12-13,18H,9-11H2,1-4H3. The van der Waals surface area contributed by atoms with E-state index in [0.29, 0.717) is 0 Å². The van der Waals surface area contributed by atoms with Crippen molar-refractivity contribution in [2.45, 2.75) is 39.3 Å². The van der Waals surface area contributed by atoms with Gasteiger partial charge in [0.05, 0.1) is 18.8 Å². The Bertz CT molecular complexity index is 552. The number of aromatic nitrogens is 2. The van der Waals surface area contributed by atoms with Crippen molar-refractivity contribution in [3.05, 3.63) is 47.8 Å². The van der Waals surface area contributed by atoms with Crippen molar-refractivity contribution in [3.63, 3.8) is 0 Å². The molecule has 4 nitrogen and oxygen atoms in total. The quantitative estimate of drug-likeness (QED) is 0.830. The molecule has 0 unspecified atom stereocenters. The summed E-state index contributed by atoms with van der Waals surface area (Å²) < 4.78 is 7.16. The zero-order valence-corrected chi connectivity index (χ0v) is 13.4. The van der Waals surface area contributed by atoms with Crippen LogP contribution in [-0.2, 0) is 18.5 Å². The van der Waals surface area contributed by atoms with Crippen LogP contribution in [0.25, 0.3) is 0 Å². The third-order valence-corrected chi connectivity index (χ3v) is 3.40. The van der Waals surface area contributed by atoms with E-state index in [9.17, 15) is 0 Å². The van der Waals surface area contributed by atoms with E-state index in [1.807, 2.05) is 23.0 Å². The number of ether oxygens (including phenoxy) is 1. The molecule has 0 saturated carbocycles. The Hall–Kier alpha value is -1.81. The number of benzene rings is 1. The molecular formula is C17H25N3O. The fraction of sp³-hybridized carbons (Fsp3) is 0.471. The Balaban J connectivity index is 1.75. The van der Waals surface area contributed by atoms with E-state index < -0.39 is 0 Å². The first kappa shape index (κ1) is 15.6. The van der Waals surface area contributed by atoms with Gasteiger partial charge in [-0.25, -0.2) is 0 Å². The van der Waals surface area contributed by atoms with E-state index in [1.165, 1.54) is 11.1 Å². The van der Waals surface area contributed by atoms with Gasteiger partial charge in [0.15, 0.2) is 0 Å². The number of nitrogens with zero attached hydrogens (tertiary/aromatic N) is 2. The summed E-state index contributed by atoms with van der Waals surface area (Å²) >= 11 is 0. The Morgan fingerprint density at radius 1 is 1.14 bits per heavy atom. The molecular weight excluding hydrogens is 262 g/mol. The van der Waals surface area contributed by atoms with E-state index in [0.717, 1.165) is 25.3 Å². The zero-order chi connectivity index (χ0) is 15.3. The Labute approximate surface area is 127 Å². The molecule has 0 aliphatic carbocycles. The molecule has 0 bridgehead atoms. The number of hydrogen-bond acceptors (Lipinski definition) is 3. The minimum absolute atomic E-state index is 0.0430. The lowest BCUT2D eigenvalue weighted by Gasteiger charge is -2.18. The molecule has 2 aromatic rings. The second kappa shape index (κ2) is 6.76. The molecule has 0 radical (unpaired) electrons. The maximum absolute atomic E-state index is 5.16. The lowest BCUT2D eigenvalue weighted by Crippen LogP contribution is -2.22. The van der Waals surface area contributed by atoms with Crippen LogP contribution >= 0.6 is 0 Å². The molecule has 0 saturated heterocycles. The summed E-state index contributed by atoms with van der Waals surface area (Å²) in [5.74, 6) is 0.904. The maximum Gasteiger partial charge on any atom is 0.118 e. The largest absolute Gasteiger partial charge is 0.497 e. The Kier molecular flexibility index (Phi) is 5.02. The summed E-state index contributed by atoms with van der Waals surface area (Å²) in [6, 6.07) is 8.22. The highest BCUT2D eigenvalue weighted by molar-refractivity contribution is 5.27. The zero-order valence-electron chi connectivity index (χ0n) is 13.4. The molecule has 4 heteroatoms. The predicted octanol–water partition coefficient (Wildman–Crippen LogP) is 2.98. The van der Waals surface area contributed by atoms with Gasteiger partial charge in [-0.2, -0.15) is 5.10 Å². The number of hydrogen-bond donors (Lipinski definition) is 1. The molecule has 0 fully saturated rings. The van der Waals surface area contributed by atoms with E-state index >= 15 is 0 Å². The van der Waals surface area contributed by atoms with Gasteiger partial charge in [-0.3, -0.25) is 4.68 Å². The van der Waals surface area contributed by atoms with Crippen molar-refractivity contribution in [1.82, 2.24) is 15.1 Å². The molecule has 1 heterocycles. The van der Waals surface area contributed by atoms with E-state index in [1.54, 1.807) is 7.11 Å². The van der Waals surface area contributed by atoms with Crippen LogP contribution in [0.3, 0.4) is 0 Å². The highest BCUT2D eigenvalue weighted by atomic mass is 16.5. The van der Waals surface area contributed by atoms with E-state index in [-0.39, 0.29) is 5.54 Å². The van der Waals surface area contributed by atoms with Crippen molar-refractivity contribution in [2.24, 2.45) is 0 Å². The summed E-state index contributed by atoms with van der Waals surface area (Å²) in [5, 5.41) is 7.87. The minimum Gasteiger partial charge on any atom is -0.497 e. The van der Waals surface area contributed by atoms with Crippen LogP contribution in [0, 0.1) is 0 Å². The average molecular weight is 287 g/mol. The van der Waals surface area contributed by atoms with Crippen molar-refractivity contribution in [2.75, 3.05) is 13.7 Å². The van der Waals surface area contributed by atoms with Gasteiger partial charge >= 0.3 is 0 Å². The van der Waals surface area contributed by atoms with E-state index in [4.69, 9.17) is 4.74 Å². The van der Waals surface area contributed by atoms with Crippen LogP contribution in [0.1, 0.15) is 31.9 Å². The summed E-state index contributed by atoms with van der Waals surface area (Å²) in [5.41, 5.74) is 2.58. The number of nitrogens with one attached hydrogen (secondary N) is 1. The molecule has 0 aliphatic heterocycles. The summed E-state index contributed by atoms with van der Waals surface area (Å²) in [6.45, 7) is 8.27. The fourth-order valence-corrected chi connectivity index (χ4v) is 2.08. The molecule has 0 aliphatic rings. The van der Waals surface area contributed by atoms with Crippen molar-refractivity contribution in [3.8, 4) is 5.75 Å². The Morgan fingerprint density at radius 3 is 2.43 bits per heavy atom. The summed E-state index contributed by atoms with van der Waals surface area (Å²) in [4.78, 5) is 0. The van der Waals surface area contributed by atoms with Gasteiger partial charge in [0, 0.05) is 18.3 Å². The SMILES string of the molecule is COc1ccc(CCNCc2cnn(C(C)(C)C)c2)cc1. The highest BCUT2D eigenvalue weighted by Gasteiger charge is 2.13. The second-order valence-corrected chi connectivity index (χ2v) is 6.24. The van der Waals surface area contributed by atoms with Crippen molar-refractivity contribution >= 4 is 0 Å². The first-order valence-electron chi connectivity index (χ1n) is 7.37. The second-order valence-electron chi connectivity index (χ2n) is 6.24. The van der Waals surface area contributed by atoms with Gasteiger partial charge in [-0.05, 0) is 51.4 Å². The minimum atomic E-state index is 0.0430. The van der Waals surface area contributed by atoms with Crippen LogP contribution in [0.15, 0.2) is 36.7 Å². The van der Waals surface area contributed by atoms with Crippen LogP contribution in [0.5, 0.6) is 5.75 Å². The van der Waals surface area contributed by atoms with Gasteiger partial charge in [0.25, 0.3) is 0 Å². The fourth-order valence-electron chi connectivity index (χ4n) is 2.08. The van der Waals surface area contributed by atoms with Gasteiger partial charge in [-0.15, -0.1) is 0 Å². The average Bonchev–Trinajstić information content (AvgIpc) is 2.93. The summed E-state index contributed by atoms with van der Waals surface area (Å²) in [7, 11) is 1.69. The number of rotatable bonds is 6. The Morgan fingerprint density at radius 2 is 1.86 bits per heavy atom. The smallest absolute Gasteiger partial charge is 0.118 e. The van der Waals surface area contributed by atoms with Gasteiger partial charge in [-0.1, -0.05) is 12.1 Å². The van der Waals surface area contributed by atoms with Crippen molar-refractivity contribution in [1.29, 1.82) is 0 Å². The van der Waals surface area contributed by atoms with Crippen molar-refractivity contribution < 1.29 is 4.74 Å². The van der Waals surface area contributed by atoms with Crippen LogP contribution in [-0.4, -0.2) is 23.4 Å². The molecule has 21 heavy (non-hydrogen) atoms. The topological polar surface area (TPSA) is 39.1 Å². The maximum atomic E-state index is 5.16. The highest BCUT2D eigenvalue weighted by Crippen LogP contribution is 2.13. The first-order valence-corrected chi connectivity index (χ1v) is 7.37. The molecule has 1 N–H and O–H groups in total. The molecule has 0 atom stereocenters. The van der Waals surface area contributed by atoms with Gasteiger partial charge in [0.1, 0.15) is 5.75 Å². The van der Waals surface area contributed by atoms with Gasteiger partial charge < -0.3 is 10.1 Å². The van der Waals surface area contributed by atoms with Crippen LogP contribution in [0.2, 0.25) is 0 Å². The van der Waals surface area contributed by atoms with E-state index in [2.05, 4.69) is 49.5 Å². The summed E-state index contributed by atoms with van der Waals surface area (Å²) in [6.07, 6.45) is 5.06. The van der Waals surface area contributed by atoms with Crippen LogP contribution < -0.4 is 10.1 Å². The molecule has 1 aromatic carbocycles. The number of methoxy groups -OCH3 is 1. The third-order valence-electron chi connectivity index (χ3n) is 3.40. The van der Waals surface area contributed by atoms with Gasteiger partial charge in [0.2, 0.25) is 0 Å². The molecule has 114 valence electrons. The van der Waals surface area contributed by atoms with Crippen LogP contribution in [0.4, 0.5) is 0 Å². The lowest BCUT2D eigenvalue weighted by molar-refractivity contribution is 0.355. The molecule has 2 rings (SSSR count). The first-order chi connectivity index (χ1) is 9.99. The molecule has 0 spiro atoms.